The van der Waals surface area contributed by atoms with Crippen molar-refractivity contribution >= 4 is 15.8 Å². The van der Waals surface area contributed by atoms with Gasteiger partial charge >= 0.3 is 5.97 Å². The summed E-state index contributed by atoms with van der Waals surface area (Å²) >= 11 is 0. The fourth-order valence-corrected chi connectivity index (χ4v) is 3.98. The van der Waals surface area contributed by atoms with E-state index in [1.165, 1.54) is 12.1 Å². The highest BCUT2D eigenvalue weighted by Gasteiger charge is 2.42. The first-order chi connectivity index (χ1) is 8.43. The van der Waals surface area contributed by atoms with Crippen molar-refractivity contribution in [3.63, 3.8) is 0 Å². The Hall–Kier alpha value is -1.40. The van der Waals surface area contributed by atoms with E-state index in [0.29, 0.717) is 0 Å². The molecule has 0 spiro atoms. The van der Waals surface area contributed by atoms with Crippen molar-refractivity contribution in [1.29, 1.82) is 0 Å². The molecule has 1 aliphatic rings. The number of hydrogen-bond acceptors (Lipinski definition) is 4. The maximum absolute atomic E-state index is 12.4. The highest BCUT2D eigenvalue weighted by molar-refractivity contribution is 7.92. The van der Waals surface area contributed by atoms with Gasteiger partial charge in [0.1, 0.15) is 0 Å². The lowest BCUT2D eigenvalue weighted by Crippen LogP contribution is -2.33. The van der Waals surface area contributed by atoms with Gasteiger partial charge in [0.05, 0.1) is 16.1 Å². The number of benzene rings is 1. The van der Waals surface area contributed by atoms with Crippen LogP contribution in [0.4, 0.5) is 0 Å². The SMILES string of the molecule is Cc1ccc(S(=O)(=O)[C@H]2CNC[C@@H]2C(=O)O)cc1. The number of sulfone groups is 1. The van der Waals surface area contributed by atoms with Gasteiger partial charge in [0.15, 0.2) is 9.84 Å². The van der Waals surface area contributed by atoms with Crippen molar-refractivity contribution in [3.05, 3.63) is 29.8 Å². The summed E-state index contributed by atoms with van der Waals surface area (Å²) in [5.74, 6) is -1.95. The standard InChI is InChI=1S/C12H15NO4S/c1-8-2-4-9(5-3-8)18(16,17)11-7-13-6-10(11)12(14)15/h2-5,10-11,13H,6-7H2,1H3,(H,14,15)/t10-,11-/m0/s1. The molecule has 1 aromatic carbocycles. The molecule has 0 bridgehead atoms. The molecule has 6 heteroatoms. The van der Waals surface area contributed by atoms with E-state index >= 15 is 0 Å². The molecule has 1 heterocycles. The van der Waals surface area contributed by atoms with E-state index in [2.05, 4.69) is 5.32 Å². The molecule has 1 saturated heterocycles. The Labute approximate surface area is 106 Å². The van der Waals surface area contributed by atoms with Crippen LogP contribution in [0.3, 0.4) is 0 Å². The quantitative estimate of drug-likeness (QED) is 0.832. The molecule has 2 atom stereocenters. The molecule has 1 aromatic rings. The van der Waals surface area contributed by atoms with Gasteiger partial charge in [-0.3, -0.25) is 4.79 Å². The van der Waals surface area contributed by atoms with E-state index in [-0.39, 0.29) is 18.0 Å². The number of carboxylic acid groups (broad SMARTS) is 1. The van der Waals surface area contributed by atoms with Gasteiger partial charge in [-0.1, -0.05) is 17.7 Å². The van der Waals surface area contributed by atoms with Gasteiger partial charge in [-0.25, -0.2) is 8.42 Å². The van der Waals surface area contributed by atoms with E-state index in [4.69, 9.17) is 5.11 Å². The summed E-state index contributed by atoms with van der Waals surface area (Å²) < 4.78 is 24.7. The van der Waals surface area contributed by atoms with Crippen molar-refractivity contribution in [1.82, 2.24) is 5.32 Å². The fraction of sp³-hybridized carbons (Fsp3) is 0.417. The highest BCUT2D eigenvalue weighted by atomic mass is 32.2. The molecule has 1 fully saturated rings. The number of aliphatic carboxylic acids is 1. The van der Waals surface area contributed by atoms with Gasteiger partial charge in [0, 0.05) is 13.1 Å². The summed E-state index contributed by atoms with van der Waals surface area (Å²) in [6.07, 6.45) is 0. The van der Waals surface area contributed by atoms with Crippen LogP contribution in [0.25, 0.3) is 0 Å². The van der Waals surface area contributed by atoms with Gasteiger partial charge < -0.3 is 10.4 Å². The molecule has 98 valence electrons. The zero-order valence-corrected chi connectivity index (χ0v) is 10.8. The summed E-state index contributed by atoms with van der Waals surface area (Å²) in [5.41, 5.74) is 0.966. The second kappa shape index (κ2) is 4.70. The molecule has 1 aliphatic heterocycles. The van der Waals surface area contributed by atoms with Crippen LogP contribution in [0.5, 0.6) is 0 Å². The average Bonchev–Trinajstić information content (AvgIpc) is 2.79. The summed E-state index contributed by atoms with van der Waals surface area (Å²) in [4.78, 5) is 11.2. The third-order valence-corrected chi connectivity index (χ3v) is 5.45. The van der Waals surface area contributed by atoms with Crippen molar-refractivity contribution in [2.75, 3.05) is 13.1 Å². The summed E-state index contributed by atoms with van der Waals surface area (Å²) in [5, 5.41) is 11.0. The first-order valence-electron chi connectivity index (χ1n) is 5.67. The van der Waals surface area contributed by atoms with Crippen LogP contribution in [-0.4, -0.2) is 37.8 Å². The van der Waals surface area contributed by atoms with Crippen LogP contribution in [0.2, 0.25) is 0 Å². The minimum Gasteiger partial charge on any atom is -0.481 e. The Kier molecular flexibility index (Phi) is 3.41. The number of rotatable bonds is 3. The first-order valence-corrected chi connectivity index (χ1v) is 7.21. The number of aryl methyl sites for hydroxylation is 1. The zero-order chi connectivity index (χ0) is 13.3. The number of nitrogens with one attached hydrogen (secondary N) is 1. The predicted octanol–water partition coefficient (Wildman–Crippen LogP) is 0.441. The van der Waals surface area contributed by atoms with Gasteiger partial charge in [0.25, 0.3) is 0 Å². The highest BCUT2D eigenvalue weighted by Crippen LogP contribution is 2.24. The number of carboxylic acids is 1. The molecule has 0 aliphatic carbocycles. The van der Waals surface area contributed by atoms with Crippen LogP contribution in [-0.2, 0) is 14.6 Å². The van der Waals surface area contributed by atoms with Crippen LogP contribution in [0, 0.1) is 12.8 Å². The lowest BCUT2D eigenvalue weighted by atomic mass is 10.1. The predicted molar refractivity (Wildman–Crippen MR) is 66.1 cm³/mol. The lowest BCUT2D eigenvalue weighted by molar-refractivity contribution is -0.140. The molecule has 18 heavy (non-hydrogen) atoms. The molecule has 0 amide bonds. The van der Waals surface area contributed by atoms with Gasteiger partial charge in [-0.2, -0.15) is 0 Å². The van der Waals surface area contributed by atoms with Crippen molar-refractivity contribution in [2.45, 2.75) is 17.1 Å². The van der Waals surface area contributed by atoms with Gasteiger partial charge in [-0.15, -0.1) is 0 Å². The number of hydrogen-bond donors (Lipinski definition) is 2. The Bertz CT molecular complexity index is 550. The Morgan fingerprint density at radius 3 is 2.44 bits per heavy atom. The van der Waals surface area contributed by atoms with Crippen molar-refractivity contribution in [2.24, 2.45) is 5.92 Å². The minimum atomic E-state index is -3.59. The largest absolute Gasteiger partial charge is 0.481 e. The Morgan fingerprint density at radius 1 is 1.28 bits per heavy atom. The molecule has 2 N–H and O–H groups in total. The third kappa shape index (κ3) is 2.26. The lowest BCUT2D eigenvalue weighted by Gasteiger charge is -2.15. The summed E-state index contributed by atoms with van der Waals surface area (Å²) in [6, 6.07) is 6.49. The molecular weight excluding hydrogens is 254 g/mol. The van der Waals surface area contributed by atoms with E-state index < -0.39 is 27.0 Å². The monoisotopic (exact) mass is 269 g/mol. The van der Waals surface area contributed by atoms with Crippen LogP contribution in [0.1, 0.15) is 5.56 Å². The van der Waals surface area contributed by atoms with Gasteiger partial charge in [0.2, 0.25) is 0 Å². The molecular formula is C12H15NO4S. The smallest absolute Gasteiger partial charge is 0.309 e. The second-order valence-electron chi connectivity index (χ2n) is 4.50. The Morgan fingerprint density at radius 2 is 1.89 bits per heavy atom. The second-order valence-corrected chi connectivity index (χ2v) is 6.67. The first kappa shape index (κ1) is 13.0. The molecule has 0 aromatic heterocycles. The topological polar surface area (TPSA) is 83.5 Å². The van der Waals surface area contributed by atoms with E-state index in [9.17, 15) is 13.2 Å². The Balaban J connectivity index is 2.36. The molecule has 2 rings (SSSR count). The van der Waals surface area contributed by atoms with E-state index in [0.717, 1.165) is 5.56 Å². The minimum absolute atomic E-state index is 0.188. The summed E-state index contributed by atoms with van der Waals surface area (Å²) in [7, 11) is -3.59. The maximum Gasteiger partial charge on any atom is 0.309 e. The molecule has 0 unspecified atom stereocenters. The zero-order valence-electron chi connectivity index (χ0n) is 9.96. The molecule has 0 radical (unpaired) electrons. The van der Waals surface area contributed by atoms with Crippen molar-refractivity contribution < 1.29 is 18.3 Å². The number of carbonyl (C=O) groups is 1. The fourth-order valence-electron chi connectivity index (χ4n) is 2.13. The molecule has 0 saturated carbocycles. The summed E-state index contributed by atoms with van der Waals surface area (Å²) in [6.45, 7) is 2.26. The third-order valence-electron chi connectivity index (χ3n) is 3.22. The van der Waals surface area contributed by atoms with E-state index in [1.54, 1.807) is 12.1 Å². The van der Waals surface area contributed by atoms with Crippen LogP contribution >= 0.6 is 0 Å². The van der Waals surface area contributed by atoms with E-state index in [1.807, 2.05) is 6.92 Å². The van der Waals surface area contributed by atoms with Crippen LogP contribution in [0.15, 0.2) is 29.2 Å². The maximum atomic E-state index is 12.4. The molecule has 5 nitrogen and oxygen atoms in total. The van der Waals surface area contributed by atoms with Crippen molar-refractivity contribution in [3.8, 4) is 0 Å². The average molecular weight is 269 g/mol. The van der Waals surface area contributed by atoms with Gasteiger partial charge in [-0.05, 0) is 19.1 Å². The normalized spacial score (nSPS) is 24.1. The van der Waals surface area contributed by atoms with Crippen LogP contribution < -0.4 is 5.32 Å².